The number of thiophene rings is 1. The summed E-state index contributed by atoms with van der Waals surface area (Å²) in [5.41, 5.74) is 2.07. The van der Waals surface area contributed by atoms with Crippen molar-refractivity contribution < 1.29 is 8.42 Å². The highest BCUT2D eigenvalue weighted by atomic mass is 32.2. The summed E-state index contributed by atoms with van der Waals surface area (Å²) in [5.74, 6) is 0.166. The first-order chi connectivity index (χ1) is 9.78. The number of hydrogen-bond donors (Lipinski definition) is 1. The zero-order valence-electron chi connectivity index (χ0n) is 12.8. The standard InChI is InChI=1S/C14H21N3O2S2/c1-10(9-17-12(3)7-11(2)16-17)8-15-21(18,19)14-6-5-13(4)20-14/h5-7,10,15H,8-9H2,1-4H3/t10-/m1/s1. The van der Waals surface area contributed by atoms with E-state index in [1.165, 1.54) is 11.3 Å². The summed E-state index contributed by atoms with van der Waals surface area (Å²) in [5, 5.41) is 4.40. The number of nitrogens with zero attached hydrogens (tertiary/aromatic N) is 2. The van der Waals surface area contributed by atoms with Gasteiger partial charge in [-0.2, -0.15) is 5.10 Å². The smallest absolute Gasteiger partial charge is 0.250 e. The molecule has 0 aliphatic rings. The summed E-state index contributed by atoms with van der Waals surface area (Å²) in [7, 11) is -3.39. The minimum Gasteiger partial charge on any atom is -0.269 e. The minimum atomic E-state index is -3.39. The average Bonchev–Trinajstić information content (AvgIpc) is 2.94. The van der Waals surface area contributed by atoms with Crippen LogP contribution in [0.5, 0.6) is 0 Å². The normalized spacial score (nSPS) is 13.5. The third kappa shape index (κ3) is 4.15. The number of sulfonamides is 1. The van der Waals surface area contributed by atoms with E-state index >= 15 is 0 Å². The van der Waals surface area contributed by atoms with E-state index in [0.29, 0.717) is 17.3 Å². The highest BCUT2D eigenvalue weighted by Crippen LogP contribution is 2.20. The lowest BCUT2D eigenvalue weighted by atomic mass is 10.2. The van der Waals surface area contributed by atoms with E-state index < -0.39 is 10.0 Å². The zero-order chi connectivity index (χ0) is 15.6. The molecule has 1 N–H and O–H groups in total. The van der Waals surface area contributed by atoms with Gasteiger partial charge in [-0.15, -0.1) is 11.3 Å². The first kappa shape index (κ1) is 16.2. The zero-order valence-corrected chi connectivity index (χ0v) is 14.4. The van der Waals surface area contributed by atoms with Crippen LogP contribution in [0.4, 0.5) is 0 Å². The first-order valence-electron chi connectivity index (χ1n) is 6.85. The summed E-state index contributed by atoms with van der Waals surface area (Å²) in [4.78, 5) is 0.992. The molecule has 2 aromatic heterocycles. The Hall–Kier alpha value is -1.18. The van der Waals surface area contributed by atoms with E-state index in [-0.39, 0.29) is 5.92 Å². The van der Waals surface area contributed by atoms with Crippen LogP contribution in [0, 0.1) is 26.7 Å². The van der Waals surface area contributed by atoms with Gasteiger partial charge < -0.3 is 0 Å². The van der Waals surface area contributed by atoms with Gasteiger partial charge in [-0.1, -0.05) is 6.92 Å². The molecule has 5 nitrogen and oxygen atoms in total. The molecule has 0 bridgehead atoms. The summed E-state index contributed by atoms with van der Waals surface area (Å²) in [6, 6.07) is 5.48. The molecular formula is C14H21N3O2S2. The average molecular weight is 327 g/mol. The van der Waals surface area contributed by atoms with Crippen LogP contribution in [0.2, 0.25) is 0 Å². The van der Waals surface area contributed by atoms with Crippen molar-refractivity contribution in [1.82, 2.24) is 14.5 Å². The van der Waals surface area contributed by atoms with Crippen molar-refractivity contribution in [2.24, 2.45) is 5.92 Å². The summed E-state index contributed by atoms with van der Waals surface area (Å²) in [6.07, 6.45) is 0. The Morgan fingerprint density at radius 2 is 2.05 bits per heavy atom. The van der Waals surface area contributed by atoms with Gasteiger partial charge in [0.25, 0.3) is 0 Å². The van der Waals surface area contributed by atoms with Gasteiger partial charge in [-0.25, -0.2) is 13.1 Å². The van der Waals surface area contributed by atoms with Crippen molar-refractivity contribution in [2.75, 3.05) is 6.54 Å². The Morgan fingerprint density at radius 1 is 1.33 bits per heavy atom. The first-order valence-corrected chi connectivity index (χ1v) is 9.15. The van der Waals surface area contributed by atoms with Crippen molar-refractivity contribution in [3.63, 3.8) is 0 Å². The monoisotopic (exact) mass is 327 g/mol. The predicted octanol–water partition coefficient (Wildman–Crippen LogP) is 2.48. The second-order valence-electron chi connectivity index (χ2n) is 5.43. The maximum Gasteiger partial charge on any atom is 0.250 e. The van der Waals surface area contributed by atoms with Crippen LogP contribution in [0.3, 0.4) is 0 Å². The van der Waals surface area contributed by atoms with Crippen molar-refractivity contribution in [3.05, 3.63) is 34.5 Å². The van der Waals surface area contributed by atoms with E-state index in [4.69, 9.17) is 0 Å². The third-order valence-electron chi connectivity index (χ3n) is 3.19. The van der Waals surface area contributed by atoms with Gasteiger partial charge in [0.15, 0.2) is 0 Å². The van der Waals surface area contributed by atoms with Crippen LogP contribution >= 0.6 is 11.3 Å². The molecule has 0 amide bonds. The van der Waals surface area contributed by atoms with Crippen molar-refractivity contribution in [1.29, 1.82) is 0 Å². The molecule has 116 valence electrons. The van der Waals surface area contributed by atoms with E-state index in [2.05, 4.69) is 9.82 Å². The molecule has 0 radical (unpaired) electrons. The van der Waals surface area contributed by atoms with E-state index in [1.54, 1.807) is 6.07 Å². The summed E-state index contributed by atoms with van der Waals surface area (Å²) >= 11 is 1.29. The topological polar surface area (TPSA) is 64.0 Å². The maximum absolute atomic E-state index is 12.2. The number of aryl methyl sites for hydroxylation is 3. The third-order valence-corrected chi connectivity index (χ3v) is 6.11. The fourth-order valence-corrected chi connectivity index (χ4v) is 4.59. The van der Waals surface area contributed by atoms with E-state index in [9.17, 15) is 8.42 Å². The van der Waals surface area contributed by atoms with Gasteiger partial charge >= 0.3 is 0 Å². The maximum atomic E-state index is 12.2. The molecule has 21 heavy (non-hydrogen) atoms. The SMILES string of the molecule is Cc1cc(C)n(C[C@H](C)CNS(=O)(=O)c2ccc(C)s2)n1. The molecule has 2 heterocycles. The van der Waals surface area contributed by atoms with Gasteiger partial charge in [-0.3, -0.25) is 4.68 Å². The van der Waals surface area contributed by atoms with Crippen LogP contribution in [-0.4, -0.2) is 24.7 Å². The lowest BCUT2D eigenvalue weighted by Crippen LogP contribution is -2.30. The van der Waals surface area contributed by atoms with Gasteiger partial charge in [0.2, 0.25) is 10.0 Å². The molecule has 2 rings (SSSR count). The molecule has 1 atom stereocenters. The molecule has 0 unspecified atom stereocenters. The Labute approximate surface area is 130 Å². The molecule has 0 saturated carbocycles. The molecule has 0 spiro atoms. The van der Waals surface area contributed by atoms with Crippen LogP contribution < -0.4 is 4.72 Å². The van der Waals surface area contributed by atoms with Crippen molar-refractivity contribution in [3.8, 4) is 0 Å². The van der Waals surface area contributed by atoms with Crippen molar-refractivity contribution >= 4 is 21.4 Å². The Bertz CT molecular complexity index is 716. The van der Waals surface area contributed by atoms with E-state index in [1.807, 2.05) is 44.5 Å². The van der Waals surface area contributed by atoms with Gasteiger partial charge in [0.1, 0.15) is 4.21 Å². The molecule has 7 heteroatoms. The number of hydrogen-bond acceptors (Lipinski definition) is 4. The highest BCUT2D eigenvalue weighted by Gasteiger charge is 2.17. The molecular weight excluding hydrogens is 306 g/mol. The second kappa shape index (κ2) is 6.29. The van der Waals surface area contributed by atoms with Crippen molar-refractivity contribution in [2.45, 2.75) is 38.4 Å². The Balaban J connectivity index is 1.95. The van der Waals surface area contributed by atoms with Gasteiger partial charge in [-0.05, 0) is 44.9 Å². The Kier molecular flexibility index (Phi) is 4.85. The fourth-order valence-electron chi connectivity index (χ4n) is 2.10. The highest BCUT2D eigenvalue weighted by molar-refractivity contribution is 7.91. The fraction of sp³-hybridized carbons (Fsp3) is 0.500. The lowest BCUT2D eigenvalue weighted by molar-refractivity contribution is 0.436. The largest absolute Gasteiger partial charge is 0.269 e. The number of nitrogens with one attached hydrogen (secondary N) is 1. The molecule has 0 aliphatic heterocycles. The Morgan fingerprint density at radius 3 is 2.57 bits per heavy atom. The van der Waals surface area contributed by atoms with Crippen LogP contribution in [0.15, 0.2) is 22.4 Å². The molecule has 0 saturated heterocycles. The molecule has 0 aromatic carbocycles. The van der Waals surface area contributed by atoms with Crippen LogP contribution in [-0.2, 0) is 16.6 Å². The quantitative estimate of drug-likeness (QED) is 0.886. The molecule has 0 aliphatic carbocycles. The number of rotatable bonds is 6. The van der Waals surface area contributed by atoms with Crippen LogP contribution in [0.1, 0.15) is 23.2 Å². The molecule has 2 aromatic rings. The van der Waals surface area contributed by atoms with Gasteiger partial charge in [0, 0.05) is 23.7 Å². The van der Waals surface area contributed by atoms with Crippen LogP contribution in [0.25, 0.3) is 0 Å². The molecule has 0 fully saturated rings. The van der Waals surface area contributed by atoms with Gasteiger partial charge in [0.05, 0.1) is 5.69 Å². The van der Waals surface area contributed by atoms with E-state index in [0.717, 1.165) is 16.3 Å². The number of aromatic nitrogens is 2. The minimum absolute atomic E-state index is 0.166. The summed E-state index contributed by atoms with van der Waals surface area (Å²) < 4.78 is 29.3. The lowest BCUT2D eigenvalue weighted by Gasteiger charge is -2.13. The summed E-state index contributed by atoms with van der Waals surface area (Å²) in [6.45, 7) is 8.97. The second-order valence-corrected chi connectivity index (χ2v) is 8.71. The predicted molar refractivity (Wildman–Crippen MR) is 85.1 cm³/mol.